The van der Waals surface area contributed by atoms with Crippen LogP contribution in [0.15, 0.2) is 73.3 Å². The molecule has 0 spiro atoms. The SMILES string of the molecule is C=C[C@@H](c1ccccc1)[C@@H](O)C(=O)CCc1ccccc1. The minimum atomic E-state index is -1.03. The summed E-state index contributed by atoms with van der Waals surface area (Å²) in [5, 5.41) is 10.3. The molecule has 2 rings (SSSR count). The van der Waals surface area contributed by atoms with Crippen molar-refractivity contribution in [1.82, 2.24) is 0 Å². The van der Waals surface area contributed by atoms with E-state index in [1.165, 1.54) is 0 Å². The van der Waals surface area contributed by atoms with Gasteiger partial charge in [-0.3, -0.25) is 4.79 Å². The summed E-state index contributed by atoms with van der Waals surface area (Å²) >= 11 is 0. The standard InChI is InChI=1S/C19H20O2/c1-2-17(16-11-7-4-8-12-16)19(21)18(20)14-13-15-9-5-3-6-10-15/h2-12,17,19,21H,1,13-14H2/t17-,19+/m0/s1. The maximum Gasteiger partial charge on any atom is 0.162 e. The molecule has 0 saturated carbocycles. The Morgan fingerprint density at radius 1 is 1.05 bits per heavy atom. The summed E-state index contributed by atoms with van der Waals surface area (Å²) in [6, 6.07) is 19.3. The Balaban J connectivity index is 1.99. The summed E-state index contributed by atoms with van der Waals surface area (Å²) in [5.74, 6) is -0.498. The molecule has 2 nitrogen and oxygen atoms in total. The quantitative estimate of drug-likeness (QED) is 0.788. The van der Waals surface area contributed by atoms with Gasteiger partial charge in [-0.15, -0.1) is 6.58 Å². The largest absolute Gasteiger partial charge is 0.384 e. The lowest BCUT2D eigenvalue weighted by Gasteiger charge is -2.19. The average molecular weight is 280 g/mol. The predicted octanol–water partition coefficient (Wildman–Crippen LogP) is 3.52. The first-order valence-corrected chi connectivity index (χ1v) is 7.14. The molecule has 0 unspecified atom stereocenters. The number of Topliss-reactive ketones (excluding diaryl/α,β-unsaturated/α-hetero) is 1. The number of aliphatic hydroxyl groups is 1. The second-order valence-electron chi connectivity index (χ2n) is 5.07. The minimum Gasteiger partial charge on any atom is -0.384 e. The first kappa shape index (κ1) is 15.2. The van der Waals surface area contributed by atoms with E-state index in [1.807, 2.05) is 60.7 Å². The van der Waals surface area contributed by atoms with Crippen LogP contribution in [0.2, 0.25) is 0 Å². The molecule has 1 N–H and O–H groups in total. The third-order valence-corrected chi connectivity index (χ3v) is 3.61. The maximum atomic E-state index is 12.2. The van der Waals surface area contributed by atoms with Gasteiger partial charge in [-0.05, 0) is 17.5 Å². The molecule has 0 fully saturated rings. The van der Waals surface area contributed by atoms with Gasteiger partial charge < -0.3 is 5.11 Å². The van der Waals surface area contributed by atoms with Crippen molar-refractivity contribution in [2.24, 2.45) is 0 Å². The fourth-order valence-corrected chi connectivity index (χ4v) is 2.38. The Morgan fingerprint density at radius 2 is 1.62 bits per heavy atom. The highest BCUT2D eigenvalue weighted by atomic mass is 16.3. The van der Waals surface area contributed by atoms with Gasteiger partial charge in [0.1, 0.15) is 6.10 Å². The summed E-state index contributed by atoms with van der Waals surface area (Å²) < 4.78 is 0. The van der Waals surface area contributed by atoms with Crippen LogP contribution in [0.4, 0.5) is 0 Å². The lowest BCUT2D eigenvalue weighted by Crippen LogP contribution is -2.27. The number of aliphatic hydroxyl groups excluding tert-OH is 1. The zero-order chi connectivity index (χ0) is 15.1. The van der Waals surface area contributed by atoms with E-state index in [4.69, 9.17) is 0 Å². The van der Waals surface area contributed by atoms with Gasteiger partial charge >= 0.3 is 0 Å². The smallest absolute Gasteiger partial charge is 0.162 e. The van der Waals surface area contributed by atoms with E-state index >= 15 is 0 Å². The lowest BCUT2D eigenvalue weighted by atomic mass is 9.89. The monoisotopic (exact) mass is 280 g/mol. The summed E-state index contributed by atoms with van der Waals surface area (Å²) in [6.07, 6.45) is 1.59. The molecule has 0 aromatic heterocycles. The molecular weight excluding hydrogens is 260 g/mol. The number of hydrogen-bond acceptors (Lipinski definition) is 2. The van der Waals surface area contributed by atoms with Crippen molar-refractivity contribution in [3.63, 3.8) is 0 Å². The fraction of sp³-hybridized carbons (Fsp3) is 0.211. The second kappa shape index (κ2) is 7.55. The Bertz CT molecular complexity index is 575. The lowest BCUT2D eigenvalue weighted by molar-refractivity contribution is -0.127. The molecular formula is C19H20O2. The van der Waals surface area contributed by atoms with Crippen molar-refractivity contribution in [3.8, 4) is 0 Å². The van der Waals surface area contributed by atoms with Crippen LogP contribution in [-0.2, 0) is 11.2 Å². The molecule has 0 amide bonds. The molecule has 0 aliphatic rings. The van der Waals surface area contributed by atoms with Crippen LogP contribution in [0, 0.1) is 0 Å². The molecule has 0 heterocycles. The average Bonchev–Trinajstić information content (AvgIpc) is 2.55. The van der Waals surface area contributed by atoms with Crippen LogP contribution in [0.5, 0.6) is 0 Å². The second-order valence-corrected chi connectivity index (χ2v) is 5.07. The van der Waals surface area contributed by atoms with Gasteiger partial charge in [0.2, 0.25) is 0 Å². The van der Waals surface area contributed by atoms with Crippen LogP contribution >= 0.6 is 0 Å². The Kier molecular flexibility index (Phi) is 5.47. The van der Waals surface area contributed by atoms with Crippen LogP contribution in [0.1, 0.15) is 23.5 Å². The Hall–Kier alpha value is -2.19. The highest BCUT2D eigenvalue weighted by Crippen LogP contribution is 2.22. The number of carbonyl (C=O) groups excluding carboxylic acids is 1. The van der Waals surface area contributed by atoms with Crippen LogP contribution in [0.3, 0.4) is 0 Å². The molecule has 0 saturated heterocycles. The van der Waals surface area contributed by atoms with E-state index in [0.717, 1.165) is 11.1 Å². The number of aryl methyl sites for hydroxylation is 1. The van der Waals surface area contributed by atoms with Gasteiger partial charge in [0.25, 0.3) is 0 Å². The predicted molar refractivity (Wildman–Crippen MR) is 85.2 cm³/mol. The Morgan fingerprint density at radius 3 is 2.19 bits per heavy atom. The Labute approximate surface area is 125 Å². The first-order chi connectivity index (χ1) is 10.2. The third kappa shape index (κ3) is 4.14. The number of rotatable bonds is 7. The molecule has 21 heavy (non-hydrogen) atoms. The van der Waals surface area contributed by atoms with Crippen LogP contribution in [-0.4, -0.2) is 17.0 Å². The van der Waals surface area contributed by atoms with E-state index < -0.39 is 6.10 Å². The van der Waals surface area contributed by atoms with Gasteiger partial charge in [0.05, 0.1) is 0 Å². The van der Waals surface area contributed by atoms with Crippen molar-refractivity contribution >= 4 is 5.78 Å². The molecule has 0 radical (unpaired) electrons. The van der Waals surface area contributed by atoms with Gasteiger partial charge in [0, 0.05) is 12.3 Å². The molecule has 0 aliphatic carbocycles. The van der Waals surface area contributed by atoms with Crippen LogP contribution < -0.4 is 0 Å². The number of hydrogen-bond donors (Lipinski definition) is 1. The molecule has 0 aliphatic heterocycles. The molecule has 2 aromatic rings. The van der Waals surface area contributed by atoms with E-state index in [0.29, 0.717) is 12.8 Å². The summed E-state index contributed by atoms with van der Waals surface area (Å²) in [4.78, 5) is 12.2. The van der Waals surface area contributed by atoms with E-state index in [9.17, 15) is 9.90 Å². The van der Waals surface area contributed by atoms with E-state index in [-0.39, 0.29) is 11.7 Å². The third-order valence-electron chi connectivity index (χ3n) is 3.61. The van der Waals surface area contributed by atoms with Gasteiger partial charge in [-0.2, -0.15) is 0 Å². The van der Waals surface area contributed by atoms with Crippen molar-refractivity contribution < 1.29 is 9.90 Å². The molecule has 108 valence electrons. The van der Waals surface area contributed by atoms with Crippen molar-refractivity contribution in [2.75, 3.05) is 0 Å². The van der Waals surface area contributed by atoms with Crippen LogP contribution in [0.25, 0.3) is 0 Å². The van der Waals surface area contributed by atoms with Crippen molar-refractivity contribution in [2.45, 2.75) is 24.9 Å². The fourth-order valence-electron chi connectivity index (χ4n) is 2.38. The van der Waals surface area contributed by atoms with Gasteiger partial charge in [-0.25, -0.2) is 0 Å². The van der Waals surface area contributed by atoms with Gasteiger partial charge in [0.15, 0.2) is 5.78 Å². The highest BCUT2D eigenvalue weighted by Gasteiger charge is 2.24. The first-order valence-electron chi connectivity index (χ1n) is 7.14. The molecule has 2 heteroatoms. The van der Waals surface area contributed by atoms with E-state index in [2.05, 4.69) is 6.58 Å². The molecule has 2 atom stereocenters. The topological polar surface area (TPSA) is 37.3 Å². The highest BCUT2D eigenvalue weighted by molar-refractivity contribution is 5.84. The number of benzene rings is 2. The van der Waals surface area contributed by atoms with Crippen molar-refractivity contribution in [1.29, 1.82) is 0 Å². The number of carbonyl (C=O) groups is 1. The molecule has 0 bridgehead atoms. The maximum absolute atomic E-state index is 12.2. The zero-order valence-corrected chi connectivity index (χ0v) is 12.0. The normalized spacial score (nSPS) is 13.4. The van der Waals surface area contributed by atoms with Gasteiger partial charge in [-0.1, -0.05) is 66.7 Å². The summed E-state index contributed by atoms with van der Waals surface area (Å²) in [5.41, 5.74) is 2.01. The van der Waals surface area contributed by atoms with E-state index in [1.54, 1.807) is 6.08 Å². The molecule has 2 aromatic carbocycles. The number of ketones is 1. The summed E-state index contributed by atoms with van der Waals surface area (Å²) in [7, 11) is 0. The minimum absolute atomic E-state index is 0.146. The zero-order valence-electron chi connectivity index (χ0n) is 12.0. The van der Waals surface area contributed by atoms with Crippen molar-refractivity contribution in [3.05, 3.63) is 84.4 Å². The summed E-state index contributed by atoms with van der Waals surface area (Å²) in [6.45, 7) is 3.75.